The van der Waals surface area contributed by atoms with E-state index >= 15 is 0 Å². The molecule has 7 nitrogen and oxygen atoms in total. The van der Waals surface area contributed by atoms with E-state index in [1.807, 2.05) is 46.0 Å². The molecule has 0 fully saturated rings. The maximum absolute atomic E-state index is 4.80. The second-order valence-corrected chi connectivity index (χ2v) is 7.47. The smallest absolute Gasteiger partial charge is 0.191 e. The molecule has 2 heterocycles. The van der Waals surface area contributed by atoms with Crippen molar-refractivity contribution in [2.45, 2.75) is 26.4 Å². The number of guanidine groups is 1. The number of aliphatic imine (C=N–C) groups is 1. The van der Waals surface area contributed by atoms with Crippen molar-refractivity contribution < 1.29 is 0 Å². The lowest BCUT2D eigenvalue weighted by molar-refractivity contribution is 0.680. The maximum Gasteiger partial charge on any atom is 0.191 e. The highest BCUT2D eigenvalue weighted by Gasteiger charge is 2.05. The van der Waals surface area contributed by atoms with Crippen LogP contribution in [0.15, 0.2) is 90.4 Å². The first-order valence-corrected chi connectivity index (χ1v) is 11.0. The fourth-order valence-electron chi connectivity index (χ4n) is 3.48. The third-order valence-corrected chi connectivity index (χ3v) is 5.12. The minimum absolute atomic E-state index is 0. The Morgan fingerprint density at radius 1 is 0.939 bits per heavy atom. The van der Waals surface area contributed by atoms with Crippen LogP contribution in [-0.4, -0.2) is 38.6 Å². The van der Waals surface area contributed by atoms with Gasteiger partial charge in [-0.1, -0.05) is 42.5 Å². The number of aromatic nitrogens is 4. The van der Waals surface area contributed by atoms with Crippen LogP contribution in [0.5, 0.6) is 0 Å². The lowest BCUT2D eigenvalue weighted by atomic mass is 10.1. The van der Waals surface area contributed by atoms with Crippen molar-refractivity contribution in [1.29, 1.82) is 0 Å². The van der Waals surface area contributed by atoms with Gasteiger partial charge in [0, 0.05) is 31.7 Å². The van der Waals surface area contributed by atoms with Crippen molar-refractivity contribution in [3.05, 3.63) is 102 Å². The summed E-state index contributed by atoms with van der Waals surface area (Å²) in [5.41, 5.74) is 4.67. The summed E-state index contributed by atoms with van der Waals surface area (Å²) >= 11 is 0. The topological polar surface area (TPSA) is 72.1 Å². The molecule has 0 radical (unpaired) electrons. The summed E-state index contributed by atoms with van der Waals surface area (Å²) in [7, 11) is 0. The summed E-state index contributed by atoms with van der Waals surface area (Å²) < 4.78 is 3.84. The third kappa shape index (κ3) is 7.18. The molecule has 2 N–H and O–H groups in total. The molecule has 33 heavy (non-hydrogen) atoms. The number of nitrogens with one attached hydrogen (secondary N) is 2. The van der Waals surface area contributed by atoms with Crippen LogP contribution in [0.1, 0.15) is 23.6 Å². The van der Waals surface area contributed by atoms with Gasteiger partial charge in [0.05, 0.1) is 25.0 Å². The fourth-order valence-corrected chi connectivity index (χ4v) is 3.48. The van der Waals surface area contributed by atoms with Crippen molar-refractivity contribution >= 4 is 29.9 Å². The second kappa shape index (κ2) is 12.8. The number of benzene rings is 2. The van der Waals surface area contributed by atoms with Gasteiger partial charge in [-0.2, -0.15) is 10.2 Å². The van der Waals surface area contributed by atoms with Crippen molar-refractivity contribution in [3.63, 3.8) is 0 Å². The molecular weight excluding hydrogens is 525 g/mol. The molecule has 0 atom stereocenters. The van der Waals surface area contributed by atoms with Crippen LogP contribution in [0.4, 0.5) is 0 Å². The first-order chi connectivity index (χ1) is 15.8. The molecule has 0 amide bonds. The predicted octanol–water partition coefficient (Wildman–Crippen LogP) is 4.03. The SMILES string of the molecule is CCNC(=NCc1ccccc1Cn1cccn1)NCCc1cnn(-c2ccccc2)c1.I. The van der Waals surface area contributed by atoms with E-state index in [2.05, 4.69) is 70.3 Å². The largest absolute Gasteiger partial charge is 0.357 e. The molecule has 8 heteroatoms. The van der Waals surface area contributed by atoms with Crippen LogP contribution in [0.2, 0.25) is 0 Å². The zero-order valence-electron chi connectivity index (χ0n) is 18.8. The van der Waals surface area contributed by atoms with Gasteiger partial charge in [0.1, 0.15) is 0 Å². The van der Waals surface area contributed by atoms with E-state index in [4.69, 9.17) is 4.99 Å². The summed E-state index contributed by atoms with van der Waals surface area (Å²) in [6.45, 7) is 5.02. The van der Waals surface area contributed by atoms with Gasteiger partial charge in [-0.15, -0.1) is 24.0 Å². The van der Waals surface area contributed by atoms with Crippen LogP contribution < -0.4 is 10.6 Å². The standard InChI is InChI=1S/C25H29N7.HI/c1-2-26-25(27-15-13-21-17-30-32(19-21)24-11-4-3-5-12-24)28-18-22-9-6-7-10-23(22)20-31-16-8-14-29-31;/h3-12,14,16-17,19H,2,13,15,18,20H2,1H3,(H2,26,27,28);1H. The Balaban J connectivity index is 0.00000306. The minimum atomic E-state index is 0. The molecule has 0 spiro atoms. The Labute approximate surface area is 212 Å². The number of halogens is 1. The van der Waals surface area contributed by atoms with Gasteiger partial charge >= 0.3 is 0 Å². The molecule has 0 saturated heterocycles. The molecule has 0 aliphatic rings. The quantitative estimate of drug-likeness (QED) is 0.186. The monoisotopic (exact) mass is 555 g/mol. The first kappa shape index (κ1) is 24.5. The highest BCUT2D eigenvalue weighted by Crippen LogP contribution is 2.12. The highest BCUT2D eigenvalue weighted by molar-refractivity contribution is 14.0. The van der Waals surface area contributed by atoms with E-state index in [9.17, 15) is 0 Å². The summed E-state index contributed by atoms with van der Waals surface area (Å²) in [4.78, 5) is 4.80. The van der Waals surface area contributed by atoms with Gasteiger partial charge < -0.3 is 10.6 Å². The zero-order valence-corrected chi connectivity index (χ0v) is 21.1. The Bertz CT molecular complexity index is 1120. The van der Waals surface area contributed by atoms with E-state index in [1.165, 1.54) is 16.7 Å². The number of para-hydroxylation sites is 1. The van der Waals surface area contributed by atoms with Crippen LogP contribution in [0, 0.1) is 0 Å². The Hall–Kier alpha value is -3.14. The van der Waals surface area contributed by atoms with Crippen LogP contribution >= 0.6 is 24.0 Å². The van der Waals surface area contributed by atoms with Gasteiger partial charge in [-0.3, -0.25) is 4.68 Å². The molecular formula is C25H30IN7. The summed E-state index contributed by atoms with van der Waals surface area (Å²) in [5, 5.41) is 15.6. The van der Waals surface area contributed by atoms with Crippen LogP contribution in [-0.2, 0) is 19.5 Å². The second-order valence-electron chi connectivity index (χ2n) is 7.47. The van der Waals surface area contributed by atoms with Crippen molar-refractivity contribution in [2.75, 3.05) is 13.1 Å². The van der Waals surface area contributed by atoms with Gasteiger partial charge in [0.25, 0.3) is 0 Å². The van der Waals surface area contributed by atoms with E-state index in [0.717, 1.165) is 37.7 Å². The molecule has 172 valence electrons. The van der Waals surface area contributed by atoms with Crippen molar-refractivity contribution in [1.82, 2.24) is 30.2 Å². The van der Waals surface area contributed by atoms with Gasteiger partial charge in [0.2, 0.25) is 0 Å². The molecule has 4 aromatic rings. The van der Waals surface area contributed by atoms with E-state index < -0.39 is 0 Å². The van der Waals surface area contributed by atoms with Crippen LogP contribution in [0.3, 0.4) is 0 Å². The number of hydrogen-bond acceptors (Lipinski definition) is 3. The minimum Gasteiger partial charge on any atom is -0.357 e. The molecule has 2 aromatic carbocycles. The Morgan fingerprint density at radius 3 is 2.48 bits per heavy atom. The number of hydrogen-bond donors (Lipinski definition) is 2. The number of nitrogens with zero attached hydrogens (tertiary/aromatic N) is 5. The predicted molar refractivity (Wildman–Crippen MR) is 143 cm³/mol. The first-order valence-electron chi connectivity index (χ1n) is 11.0. The molecule has 4 rings (SSSR count). The average Bonchev–Trinajstić information content (AvgIpc) is 3.51. The molecule has 0 bridgehead atoms. The number of rotatable bonds is 9. The summed E-state index contributed by atoms with van der Waals surface area (Å²) in [6, 6.07) is 20.5. The fraction of sp³-hybridized carbons (Fsp3) is 0.240. The zero-order chi connectivity index (χ0) is 22.0. The molecule has 0 unspecified atom stereocenters. The molecule has 2 aromatic heterocycles. The van der Waals surface area contributed by atoms with E-state index in [1.54, 1.807) is 6.20 Å². The van der Waals surface area contributed by atoms with Gasteiger partial charge in [-0.05, 0) is 48.2 Å². The maximum atomic E-state index is 4.80. The lowest BCUT2D eigenvalue weighted by Crippen LogP contribution is -2.38. The van der Waals surface area contributed by atoms with E-state index in [-0.39, 0.29) is 24.0 Å². The molecule has 0 aliphatic heterocycles. The summed E-state index contributed by atoms with van der Waals surface area (Å²) in [5.74, 6) is 0.817. The van der Waals surface area contributed by atoms with Crippen molar-refractivity contribution in [3.8, 4) is 5.69 Å². The lowest BCUT2D eigenvalue weighted by Gasteiger charge is -2.12. The van der Waals surface area contributed by atoms with Gasteiger partial charge in [-0.25, -0.2) is 9.67 Å². The highest BCUT2D eigenvalue weighted by atomic mass is 127. The van der Waals surface area contributed by atoms with Gasteiger partial charge in [0.15, 0.2) is 5.96 Å². The Kier molecular flexibility index (Phi) is 9.49. The molecule has 0 saturated carbocycles. The van der Waals surface area contributed by atoms with Crippen molar-refractivity contribution in [2.24, 2.45) is 4.99 Å². The van der Waals surface area contributed by atoms with Crippen LogP contribution in [0.25, 0.3) is 5.69 Å². The van der Waals surface area contributed by atoms with E-state index in [0.29, 0.717) is 6.54 Å². The third-order valence-electron chi connectivity index (χ3n) is 5.12. The molecule has 0 aliphatic carbocycles. The summed E-state index contributed by atoms with van der Waals surface area (Å²) in [6.07, 6.45) is 8.65. The normalized spacial score (nSPS) is 11.1. The Morgan fingerprint density at radius 2 is 1.73 bits per heavy atom. The average molecular weight is 555 g/mol.